The minimum Gasteiger partial charge on any atom is -0.339 e. The highest BCUT2D eigenvalue weighted by molar-refractivity contribution is 7.99. The van der Waals surface area contributed by atoms with Gasteiger partial charge in [0.05, 0.1) is 36.6 Å². The van der Waals surface area contributed by atoms with Gasteiger partial charge in [-0.05, 0) is 30.4 Å². The van der Waals surface area contributed by atoms with E-state index in [4.69, 9.17) is 9.97 Å². The summed E-state index contributed by atoms with van der Waals surface area (Å²) in [7, 11) is 4.38. The Balaban J connectivity index is 1.69. The van der Waals surface area contributed by atoms with Gasteiger partial charge in [0, 0.05) is 16.7 Å². The van der Waals surface area contributed by atoms with Crippen LogP contribution in [0.1, 0.15) is 17.5 Å². The third kappa shape index (κ3) is 3.09. The minimum absolute atomic E-state index is 1.06. The summed E-state index contributed by atoms with van der Waals surface area (Å²) in [4.78, 5) is 17.0. The Morgan fingerprint density at radius 3 is 2.71 bits per heavy atom. The number of aryl methyl sites for hydroxylation is 1. The van der Waals surface area contributed by atoms with Gasteiger partial charge in [0.25, 0.3) is 0 Å². The molecule has 0 aliphatic heterocycles. The smallest absolute Gasteiger partial charge is 0.127 e. The monoisotopic (exact) mass is 407 g/mol. The van der Waals surface area contributed by atoms with Gasteiger partial charge in [-0.3, -0.25) is 0 Å². The molecular formula is C22H23N4S2+. The molecule has 6 heteroatoms. The van der Waals surface area contributed by atoms with Crippen LogP contribution in [0.25, 0.3) is 31.7 Å². The second kappa shape index (κ2) is 7.43. The molecule has 0 bridgehead atoms. The normalized spacial score (nSPS) is 13.7. The summed E-state index contributed by atoms with van der Waals surface area (Å²) in [6.45, 7) is 1.12. The number of thioether (sulfide) groups is 1. The number of benzene rings is 1. The largest absolute Gasteiger partial charge is 0.339 e. The molecule has 0 unspecified atom stereocenters. The molecule has 28 heavy (non-hydrogen) atoms. The number of fused-ring (bicyclic) bond motifs is 5. The van der Waals surface area contributed by atoms with E-state index < -0.39 is 0 Å². The van der Waals surface area contributed by atoms with Gasteiger partial charge in [0.1, 0.15) is 16.2 Å². The average molecular weight is 408 g/mol. The van der Waals surface area contributed by atoms with E-state index in [9.17, 15) is 0 Å². The van der Waals surface area contributed by atoms with E-state index in [1.807, 2.05) is 11.8 Å². The lowest BCUT2D eigenvalue weighted by Crippen LogP contribution is -3.06. The highest BCUT2D eigenvalue weighted by Crippen LogP contribution is 2.43. The van der Waals surface area contributed by atoms with Gasteiger partial charge >= 0.3 is 0 Å². The molecule has 0 atom stereocenters. The van der Waals surface area contributed by atoms with Crippen molar-refractivity contribution >= 4 is 43.5 Å². The van der Waals surface area contributed by atoms with Crippen LogP contribution in [0.15, 0.2) is 41.7 Å². The summed E-state index contributed by atoms with van der Waals surface area (Å²) in [6.07, 6.45) is 5.16. The van der Waals surface area contributed by atoms with Crippen molar-refractivity contribution in [1.29, 1.82) is 0 Å². The van der Waals surface area contributed by atoms with Gasteiger partial charge in [-0.25, -0.2) is 15.0 Å². The van der Waals surface area contributed by atoms with E-state index in [-0.39, 0.29) is 0 Å². The first-order valence-electron chi connectivity index (χ1n) is 9.78. The van der Waals surface area contributed by atoms with E-state index >= 15 is 0 Å². The van der Waals surface area contributed by atoms with Crippen LogP contribution < -0.4 is 4.90 Å². The summed E-state index contributed by atoms with van der Waals surface area (Å²) >= 11 is 3.60. The van der Waals surface area contributed by atoms with E-state index in [0.29, 0.717) is 0 Å². The molecule has 1 aliphatic rings. The standard InChI is InChI=1S/C22H22N4S2/c1-26(2)11-12-27-22-20-19(23-13-24-22)17-15-9-6-10-16(15)18(25-21(17)28-20)14-7-4-3-5-8-14/h3-5,7-8,13H,6,9-12H2,1-2H3/p+1. The lowest BCUT2D eigenvalue weighted by molar-refractivity contribution is -0.855. The Labute approximate surface area is 173 Å². The fraction of sp³-hybridized carbons (Fsp3) is 0.318. The summed E-state index contributed by atoms with van der Waals surface area (Å²) in [5, 5.41) is 2.37. The topological polar surface area (TPSA) is 43.1 Å². The molecule has 5 rings (SSSR count). The van der Waals surface area contributed by atoms with Gasteiger partial charge in [-0.1, -0.05) is 42.1 Å². The van der Waals surface area contributed by atoms with Crippen LogP contribution in [-0.2, 0) is 12.8 Å². The quantitative estimate of drug-likeness (QED) is 0.405. The third-order valence-electron chi connectivity index (χ3n) is 5.33. The van der Waals surface area contributed by atoms with E-state index in [2.05, 4.69) is 49.4 Å². The van der Waals surface area contributed by atoms with Gasteiger partial charge < -0.3 is 4.90 Å². The molecule has 0 saturated carbocycles. The summed E-state index contributed by atoms with van der Waals surface area (Å²) < 4.78 is 1.20. The van der Waals surface area contributed by atoms with Gasteiger partial charge in [-0.15, -0.1) is 11.3 Å². The molecule has 1 N–H and O–H groups in total. The molecule has 142 valence electrons. The summed E-state index contributed by atoms with van der Waals surface area (Å²) in [5.74, 6) is 1.06. The second-order valence-electron chi connectivity index (χ2n) is 7.58. The fourth-order valence-electron chi connectivity index (χ4n) is 3.97. The Morgan fingerprint density at radius 2 is 1.89 bits per heavy atom. The lowest BCUT2D eigenvalue weighted by atomic mass is 10.0. The van der Waals surface area contributed by atoms with Gasteiger partial charge in [0.15, 0.2) is 0 Å². The Bertz CT molecular complexity index is 1150. The Kier molecular flexibility index (Phi) is 4.78. The number of hydrogen-bond donors (Lipinski definition) is 1. The third-order valence-corrected chi connectivity index (χ3v) is 7.53. The van der Waals surface area contributed by atoms with E-state index in [0.717, 1.165) is 46.2 Å². The highest BCUT2D eigenvalue weighted by atomic mass is 32.2. The van der Waals surface area contributed by atoms with Crippen molar-refractivity contribution in [2.75, 3.05) is 26.4 Å². The van der Waals surface area contributed by atoms with E-state index in [1.54, 1.807) is 17.7 Å². The maximum atomic E-state index is 5.14. The summed E-state index contributed by atoms with van der Waals surface area (Å²) in [6, 6.07) is 10.6. The van der Waals surface area contributed by atoms with Crippen molar-refractivity contribution in [1.82, 2.24) is 15.0 Å². The molecule has 0 saturated heterocycles. The highest BCUT2D eigenvalue weighted by Gasteiger charge is 2.24. The number of nitrogens with zero attached hydrogens (tertiary/aromatic N) is 3. The van der Waals surface area contributed by atoms with Crippen molar-refractivity contribution in [3.8, 4) is 11.3 Å². The van der Waals surface area contributed by atoms with Crippen molar-refractivity contribution in [3.63, 3.8) is 0 Å². The van der Waals surface area contributed by atoms with Gasteiger partial charge in [0.2, 0.25) is 0 Å². The fourth-order valence-corrected chi connectivity index (χ4v) is 6.37. The number of quaternary nitrogens is 1. The van der Waals surface area contributed by atoms with Crippen LogP contribution in [0, 0.1) is 0 Å². The predicted octanol–water partition coefficient (Wildman–Crippen LogP) is 3.63. The summed E-state index contributed by atoms with van der Waals surface area (Å²) in [5.41, 5.74) is 6.35. The van der Waals surface area contributed by atoms with Crippen LogP contribution in [0.3, 0.4) is 0 Å². The molecule has 0 amide bonds. The second-order valence-corrected chi connectivity index (χ2v) is 9.66. The number of rotatable bonds is 5. The first-order chi connectivity index (χ1) is 13.7. The zero-order valence-electron chi connectivity index (χ0n) is 16.2. The lowest BCUT2D eigenvalue weighted by Gasteiger charge is -2.09. The number of hydrogen-bond acceptors (Lipinski definition) is 5. The average Bonchev–Trinajstić information content (AvgIpc) is 3.32. The van der Waals surface area contributed by atoms with E-state index in [1.165, 1.54) is 38.1 Å². The molecule has 4 aromatic rings. The van der Waals surface area contributed by atoms with Crippen molar-refractivity contribution in [3.05, 3.63) is 47.8 Å². The predicted molar refractivity (Wildman–Crippen MR) is 119 cm³/mol. The zero-order valence-corrected chi connectivity index (χ0v) is 17.8. The number of aromatic nitrogens is 3. The number of nitrogens with one attached hydrogen (secondary N) is 1. The molecule has 0 spiro atoms. The van der Waals surface area contributed by atoms with Crippen molar-refractivity contribution in [2.24, 2.45) is 0 Å². The Morgan fingerprint density at radius 1 is 1.07 bits per heavy atom. The molecule has 1 aromatic carbocycles. The Hall–Kier alpha value is -2.02. The maximum absolute atomic E-state index is 5.14. The van der Waals surface area contributed by atoms with Crippen LogP contribution in [0.2, 0.25) is 0 Å². The minimum atomic E-state index is 1.06. The van der Waals surface area contributed by atoms with Gasteiger partial charge in [-0.2, -0.15) is 0 Å². The SMILES string of the molecule is C[NH+](C)CCSc1ncnc2c1sc1nc(-c3ccccc3)c3c(c12)CCC3. The molecule has 0 fully saturated rings. The molecule has 3 heterocycles. The van der Waals surface area contributed by atoms with Crippen molar-refractivity contribution < 1.29 is 4.90 Å². The molecule has 3 aromatic heterocycles. The van der Waals surface area contributed by atoms with Crippen LogP contribution in [-0.4, -0.2) is 41.3 Å². The number of thiophene rings is 1. The van der Waals surface area contributed by atoms with Crippen LogP contribution in [0.5, 0.6) is 0 Å². The molecule has 0 radical (unpaired) electrons. The maximum Gasteiger partial charge on any atom is 0.127 e. The number of pyridine rings is 1. The van der Waals surface area contributed by atoms with Crippen LogP contribution in [0.4, 0.5) is 0 Å². The zero-order chi connectivity index (χ0) is 19.1. The molecule has 1 aliphatic carbocycles. The first-order valence-corrected chi connectivity index (χ1v) is 11.6. The first kappa shape index (κ1) is 18.0. The molecule has 4 nitrogen and oxygen atoms in total. The van der Waals surface area contributed by atoms with Crippen molar-refractivity contribution in [2.45, 2.75) is 24.3 Å². The van der Waals surface area contributed by atoms with Crippen LogP contribution >= 0.6 is 23.1 Å². The molecular weight excluding hydrogens is 384 g/mol.